The van der Waals surface area contributed by atoms with E-state index in [0.29, 0.717) is 16.1 Å². The zero-order valence-electron chi connectivity index (χ0n) is 12.4. The minimum absolute atomic E-state index is 0.110. The SMILES string of the molecule is Cc1sc(NC(=S)NC(=O)c2cccc(Br)c2)c(C(N)=O)c1C. The topological polar surface area (TPSA) is 84.2 Å². The molecule has 0 bridgehead atoms. The average Bonchev–Trinajstić information content (AvgIpc) is 2.73. The Hall–Kier alpha value is -1.77. The van der Waals surface area contributed by atoms with Crippen molar-refractivity contribution < 1.29 is 9.59 Å². The Morgan fingerprint density at radius 1 is 1.30 bits per heavy atom. The lowest BCUT2D eigenvalue weighted by Crippen LogP contribution is -2.34. The van der Waals surface area contributed by atoms with E-state index in [-0.39, 0.29) is 11.0 Å². The highest BCUT2D eigenvalue weighted by Gasteiger charge is 2.18. The zero-order chi connectivity index (χ0) is 17.1. The number of aryl methyl sites for hydroxylation is 1. The summed E-state index contributed by atoms with van der Waals surface area (Å²) in [4.78, 5) is 24.7. The molecule has 5 nitrogen and oxygen atoms in total. The Morgan fingerprint density at radius 3 is 2.61 bits per heavy atom. The molecule has 4 N–H and O–H groups in total. The van der Waals surface area contributed by atoms with Crippen LogP contribution in [0.3, 0.4) is 0 Å². The van der Waals surface area contributed by atoms with Crippen molar-refractivity contribution in [1.29, 1.82) is 0 Å². The number of primary amides is 1. The Bertz CT molecular complexity index is 802. The van der Waals surface area contributed by atoms with Crippen LogP contribution in [0.25, 0.3) is 0 Å². The molecule has 2 amide bonds. The molecule has 0 unspecified atom stereocenters. The summed E-state index contributed by atoms with van der Waals surface area (Å²) in [6.07, 6.45) is 0. The molecule has 2 aromatic rings. The van der Waals surface area contributed by atoms with Crippen molar-refractivity contribution in [1.82, 2.24) is 5.32 Å². The van der Waals surface area contributed by atoms with Gasteiger partial charge < -0.3 is 11.1 Å². The molecule has 1 heterocycles. The number of nitrogens with two attached hydrogens (primary N) is 1. The number of anilines is 1. The highest BCUT2D eigenvalue weighted by molar-refractivity contribution is 9.10. The second-order valence-electron chi connectivity index (χ2n) is 4.77. The van der Waals surface area contributed by atoms with Gasteiger partial charge in [0.1, 0.15) is 5.00 Å². The fourth-order valence-corrected chi connectivity index (χ4v) is 3.68. The lowest BCUT2D eigenvalue weighted by Gasteiger charge is -2.09. The summed E-state index contributed by atoms with van der Waals surface area (Å²) in [5.74, 6) is -0.870. The van der Waals surface area contributed by atoms with Gasteiger partial charge in [-0.2, -0.15) is 0 Å². The maximum atomic E-state index is 12.1. The predicted molar refractivity (Wildman–Crippen MR) is 100 cm³/mol. The minimum atomic E-state index is -0.532. The van der Waals surface area contributed by atoms with Crippen molar-refractivity contribution in [2.45, 2.75) is 13.8 Å². The summed E-state index contributed by atoms with van der Waals surface area (Å²) in [5.41, 5.74) is 7.08. The Balaban J connectivity index is 2.13. The van der Waals surface area contributed by atoms with Crippen molar-refractivity contribution >= 4 is 61.4 Å². The first-order valence-electron chi connectivity index (χ1n) is 6.57. The summed E-state index contributed by atoms with van der Waals surface area (Å²) >= 11 is 9.82. The largest absolute Gasteiger partial charge is 0.365 e. The summed E-state index contributed by atoms with van der Waals surface area (Å²) in [7, 11) is 0. The fraction of sp³-hybridized carbons (Fsp3) is 0.133. The van der Waals surface area contributed by atoms with E-state index in [2.05, 4.69) is 26.6 Å². The average molecular weight is 412 g/mol. The molecular formula is C15H14BrN3O2S2. The van der Waals surface area contributed by atoms with Crippen LogP contribution in [0.5, 0.6) is 0 Å². The van der Waals surface area contributed by atoms with Gasteiger partial charge in [-0.05, 0) is 49.8 Å². The number of carbonyl (C=O) groups is 2. The van der Waals surface area contributed by atoms with Crippen LogP contribution >= 0.6 is 39.5 Å². The van der Waals surface area contributed by atoms with E-state index >= 15 is 0 Å². The summed E-state index contributed by atoms with van der Waals surface area (Å²) in [6.45, 7) is 3.71. The van der Waals surface area contributed by atoms with Gasteiger partial charge in [-0.25, -0.2) is 0 Å². The molecule has 1 aromatic heterocycles. The molecule has 0 saturated heterocycles. The molecule has 0 aliphatic rings. The third-order valence-corrected chi connectivity index (χ3v) is 4.99. The molecule has 120 valence electrons. The normalized spacial score (nSPS) is 10.2. The van der Waals surface area contributed by atoms with Gasteiger partial charge in [-0.15, -0.1) is 11.3 Å². The number of halogens is 1. The smallest absolute Gasteiger partial charge is 0.257 e. The fourth-order valence-electron chi connectivity index (χ4n) is 1.95. The maximum absolute atomic E-state index is 12.1. The molecule has 1 aromatic carbocycles. The summed E-state index contributed by atoms with van der Waals surface area (Å²) < 4.78 is 0.796. The molecule has 0 atom stereocenters. The Kier molecular flexibility index (Phi) is 5.51. The van der Waals surface area contributed by atoms with E-state index in [0.717, 1.165) is 14.9 Å². The second-order valence-corrected chi connectivity index (χ2v) is 7.32. The predicted octanol–water partition coefficient (Wildman–Crippen LogP) is 3.35. The lowest BCUT2D eigenvalue weighted by atomic mass is 10.1. The first kappa shape index (κ1) is 17.6. The van der Waals surface area contributed by atoms with Crippen molar-refractivity contribution in [2.75, 3.05) is 5.32 Å². The molecule has 0 saturated carbocycles. The number of nitrogens with one attached hydrogen (secondary N) is 2. The van der Waals surface area contributed by atoms with Crippen LogP contribution in [0.2, 0.25) is 0 Å². The molecule has 0 spiro atoms. The number of amides is 2. The number of thiocarbonyl (C=S) groups is 1. The molecule has 0 aliphatic heterocycles. The van der Waals surface area contributed by atoms with Crippen LogP contribution in [0.15, 0.2) is 28.7 Å². The number of rotatable bonds is 3. The van der Waals surface area contributed by atoms with Crippen LogP contribution < -0.4 is 16.4 Å². The van der Waals surface area contributed by atoms with Crippen molar-refractivity contribution in [3.8, 4) is 0 Å². The van der Waals surface area contributed by atoms with Gasteiger partial charge in [0.05, 0.1) is 5.56 Å². The first-order chi connectivity index (χ1) is 10.8. The van der Waals surface area contributed by atoms with Gasteiger partial charge >= 0.3 is 0 Å². The van der Waals surface area contributed by atoms with Crippen LogP contribution in [0.1, 0.15) is 31.2 Å². The van der Waals surface area contributed by atoms with Crippen molar-refractivity contribution in [3.63, 3.8) is 0 Å². The van der Waals surface area contributed by atoms with E-state index in [4.69, 9.17) is 18.0 Å². The molecule has 23 heavy (non-hydrogen) atoms. The second kappa shape index (κ2) is 7.20. The molecule has 0 fully saturated rings. The van der Waals surface area contributed by atoms with E-state index in [1.165, 1.54) is 11.3 Å². The summed E-state index contributed by atoms with van der Waals surface area (Å²) in [5, 5.41) is 6.10. The van der Waals surface area contributed by atoms with Crippen LogP contribution in [-0.2, 0) is 0 Å². The van der Waals surface area contributed by atoms with E-state index in [1.54, 1.807) is 18.2 Å². The molecule has 8 heteroatoms. The lowest BCUT2D eigenvalue weighted by molar-refractivity contribution is 0.0975. The number of hydrogen-bond acceptors (Lipinski definition) is 4. The van der Waals surface area contributed by atoms with E-state index in [9.17, 15) is 9.59 Å². The first-order valence-corrected chi connectivity index (χ1v) is 8.59. The van der Waals surface area contributed by atoms with Gasteiger partial charge in [0.25, 0.3) is 11.8 Å². The van der Waals surface area contributed by atoms with Crippen LogP contribution in [-0.4, -0.2) is 16.9 Å². The third kappa shape index (κ3) is 4.15. The Labute approximate surface area is 151 Å². The van der Waals surface area contributed by atoms with Crippen LogP contribution in [0.4, 0.5) is 5.00 Å². The van der Waals surface area contributed by atoms with Gasteiger partial charge in [-0.3, -0.25) is 14.9 Å². The minimum Gasteiger partial charge on any atom is -0.365 e. The van der Waals surface area contributed by atoms with Crippen molar-refractivity contribution in [2.24, 2.45) is 5.73 Å². The van der Waals surface area contributed by atoms with E-state index < -0.39 is 5.91 Å². The molecule has 0 aliphatic carbocycles. The molecule has 0 radical (unpaired) electrons. The number of hydrogen-bond donors (Lipinski definition) is 3. The van der Waals surface area contributed by atoms with Crippen molar-refractivity contribution in [3.05, 3.63) is 50.3 Å². The Morgan fingerprint density at radius 2 is 2.00 bits per heavy atom. The van der Waals surface area contributed by atoms with Gasteiger partial charge in [0.15, 0.2) is 5.11 Å². The monoisotopic (exact) mass is 411 g/mol. The molecule has 2 rings (SSSR count). The number of benzene rings is 1. The van der Waals surface area contributed by atoms with Gasteiger partial charge in [-0.1, -0.05) is 22.0 Å². The quantitative estimate of drug-likeness (QED) is 0.676. The van der Waals surface area contributed by atoms with Crippen LogP contribution in [0, 0.1) is 13.8 Å². The molecular weight excluding hydrogens is 398 g/mol. The van der Waals surface area contributed by atoms with Gasteiger partial charge in [0.2, 0.25) is 0 Å². The third-order valence-electron chi connectivity index (χ3n) is 3.17. The number of carbonyl (C=O) groups excluding carboxylic acids is 2. The zero-order valence-corrected chi connectivity index (χ0v) is 15.6. The highest BCUT2D eigenvalue weighted by atomic mass is 79.9. The standard InChI is InChI=1S/C15H14BrN3O2S2/c1-7-8(2)23-14(11(7)12(17)20)19-15(22)18-13(21)9-4-3-5-10(16)6-9/h3-6H,1-2H3,(H2,17,20)(H2,18,19,21,22). The number of thiophene rings is 1. The highest BCUT2D eigenvalue weighted by Crippen LogP contribution is 2.31. The van der Waals surface area contributed by atoms with E-state index in [1.807, 2.05) is 19.9 Å². The summed E-state index contributed by atoms with van der Waals surface area (Å²) in [6, 6.07) is 6.94. The van der Waals surface area contributed by atoms with Gasteiger partial charge in [0, 0.05) is 14.9 Å². The maximum Gasteiger partial charge on any atom is 0.257 e.